The molecular weight excluding hydrogens is 264 g/mol. The number of hydrogen-bond donors (Lipinski definition) is 1. The van der Waals surface area contributed by atoms with E-state index < -0.39 is 0 Å². The minimum Gasteiger partial charge on any atom is -0.486 e. The molecule has 1 aliphatic heterocycles. The maximum absolute atomic E-state index is 5.76. The van der Waals surface area contributed by atoms with Crippen molar-refractivity contribution in [2.75, 3.05) is 13.2 Å². The maximum Gasteiger partial charge on any atom is 0.172 e. The van der Waals surface area contributed by atoms with E-state index in [0.29, 0.717) is 13.2 Å². The Morgan fingerprint density at radius 2 is 2.05 bits per heavy atom. The number of nitrogens with zero attached hydrogens (tertiary/aromatic N) is 1. The normalized spacial score (nSPS) is 13.6. The minimum absolute atomic E-state index is 0.574. The Labute approximate surface area is 122 Å². The molecule has 106 valence electrons. The van der Waals surface area contributed by atoms with Gasteiger partial charge >= 0.3 is 0 Å². The number of aromatic amines is 1. The van der Waals surface area contributed by atoms with Gasteiger partial charge in [0.25, 0.3) is 0 Å². The number of benzene rings is 2. The molecule has 1 aromatic heterocycles. The van der Waals surface area contributed by atoms with Crippen LogP contribution < -0.4 is 9.47 Å². The van der Waals surface area contributed by atoms with Crippen molar-refractivity contribution in [2.45, 2.75) is 13.3 Å². The molecule has 1 aliphatic rings. The molecule has 0 radical (unpaired) electrons. The van der Waals surface area contributed by atoms with Crippen LogP contribution in [0, 0.1) is 0 Å². The molecule has 0 aliphatic carbocycles. The maximum atomic E-state index is 5.76. The van der Waals surface area contributed by atoms with E-state index in [0.717, 1.165) is 40.3 Å². The first-order chi connectivity index (χ1) is 10.3. The number of imidazole rings is 1. The number of aryl methyl sites for hydroxylation is 1. The van der Waals surface area contributed by atoms with E-state index in [9.17, 15) is 0 Å². The standard InChI is InChI=1S/C17H16N2O2/c1-2-11-6-7-13-14(10-11)19-17(18-13)12-4-3-5-15-16(12)21-9-8-20-15/h3-7,10H,2,8-9H2,1H3,(H,18,19). The number of hydrogen-bond acceptors (Lipinski definition) is 3. The number of para-hydroxylation sites is 1. The van der Waals surface area contributed by atoms with Crippen LogP contribution in [-0.2, 0) is 6.42 Å². The molecule has 4 heteroatoms. The van der Waals surface area contributed by atoms with Gasteiger partial charge in [-0.15, -0.1) is 0 Å². The third kappa shape index (κ3) is 2.03. The van der Waals surface area contributed by atoms with Gasteiger partial charge in [-0.05, 0) is 36.2 Å². The third-order valence-electron chi connectivity index (χ3n) is 3.78. The molecule has 0 spiro atoms. The van der Waals surface area contributed by atoms with Gasteiger partial charge in [-0.2, -0.15) is 0 Å². The van der Waals surface area contributed by atoms with E-state index in [1.165, 1.54) is 5.56 Å². The molecule has 4 rings (SSSR count). The fourth-order valence-electron chi connectivity index (χ4n) is 2.66. The highest BCUT2D eigenvalue weighted by molar-refractivity contribution is 5.82. The Kier molecular flexibility index (Phi) is 2.81. The van der Waals surface area contributed by atoms with Gasteiger partial charge in [0.2, 0.25) is 0 Å². The first-order valence-electron chi connectivity index (χ1n) is 7.23. The zero-order chi connectivity index (χ0) is 14.2. The molecule has 0 atom stereocenters. The van der Waals surface area contributed by atoms with Crippen molar-refractivity contribution in [1.82, 2.24) is 9.97 Å². The molecule has 0 saturated heterocycles. The molecule has 4 nitrogen and oxygen atoms in total. The lowest BCUT2D eigenvalue weighted by Gasteiger charge is -2.20. The summed E-state index contributed by atoms with van der Waals surface area (Å²) in [6, 6.07) is 12.2. The number of H-pyrrole nitrogens is 1. The van der Waals surface area contributed by atoms with E-state index in [2.05, 4.69) is 35.1 Å². The number of fused-ring (bicyclic) bond motifs is 2. The second kappa shape index (κ2) is 4.81. The number of rotatable bonds is 2. The fraction of sp³-hybridized carbons (Fsp3) is 0.235. The summed E-state index contributed by atoms with van der Waals surface area (Å²) < 4.78 is 11.4. The second-order valence-electron chi connectivity index (χ2n) is 5.12. The smallest absolute Gasteiger partial charge is 0.172 e. The lowest BCUT2D eigenvalue weighted by atomic mass is 10.1. The quantitative estimate of drug-likeness (QED) is 0.780. The van der Waals surface area contributed by atoms with Crippen LogP contribution in [0.15, 0.2) is 36.4 Å². The van der Waals surface area contributed by atoms with Crippen LogP contribution in [0.2, 0.25) is 0 Å². The van der Waals surface area contributed by atoms with E-state index in [1.54, 1.807) is 0 Å². The van der Waals surface area contributed by atoms with E-state index in [-0.39, 0.29) is 0 Å². The highest BCUT2D eigenvalue weighted by Crippen LogP contribution is 2.39. The molecule has 2 heterocycles. The third-order valence-corrected chi connectivity index (χ3v) is 3.78. The summed E-state index contributed by atoms with van der Waals surface area (Å²) in [4.78, 5) is 8.07. The molecule has 3 aromatic rings. The van der Waals surface area contributed by atoms with Gasteiger partial charge in [0.15, 0.2) is 11.5 Å². The van der Waals surface area contributed by atoms with Crippen LogP contribution in [0.3, 0.4) is 0 Å². The molecule has 0 fully saturated rings. The predicted octanol–water partition coefficient (Wildman–Crippen LogP) is 3.56. The van der Waals surface area contributed by atoms with Crippen molar-refractivity contribution in [1.29, 1.82) is 0 Å². The van der Waals surface area contributed by atoms with Crippen LogP contribution in [0.4, 0.5) is 0 Å². The number of aromatic nitrogens is 2. The van der Waals surface area contributed by atoms with Crippen molar-refractivity contribution in [2.24, 2.45) is 0 Å². The average Bonchev–Trinajstić information content (AvgIpc) is 2.97. The Balaban J connectivity index is 1.86. The van der Waals surface area contributed by atoms with Gasteiger partial charge in [-0.3, -0.25) is 0 Å². The second-order valence-corrected chi connectivity index (χ2v) is 5.12. The van der Waals surface area contributed by atoms with Gasteiger partial charge in [0, 0.05) is 0 Å². The molecule has 0 unspecified atom stereocenters. The highest BCUT2D eigenvalue weighted by atomic mass is 16.6. The van der Waals surface area contributed by atoms with Gasteiger partial charge in [-0.1, -0.05) is 19.1 Å². The summed E-state index contributed by atoms with van der Waals surface area (Å²) >= 11 is 0. The zero-order valence-corrected chi connectivity index (χ0v) is 11.8. The van der Waals surface area contributed by atoms with Crippen molar-refractivity contribution in [3.05, 3.63) is 42.0 Å². The Morgan fingerprint density at radius 3 is 2.95 bits per heavy atom. The van der Waals surface area contributed by atoms with Crippen molar-refractivity contribution >= 4 is 11.0 Å². The Bertz CT molecular complexity index is 808. The van der Waals surface area contributed by atoms with Crippen LogP contribution >= 0.6 is 0 Å². The molecule has 2 aromatic carbocycles. The predicted molar refractivity (Wildman–Crippen MR) is 81.9 cm³/mol. The topological polar surface area (TPSA) is 47.1 Å². The molecule has 21 heavy (non-hydrogen) atoms. The Hall–Kier alpha value is -2.49. The largest absolute Gasteiger partial charge is 0.486 e. The van der Waals surface area contributed by atoms with Crippen molar-refractivity contribution < 1.29 is 9.47 Å². The van der Waals surface area contributed by atoms with Crippen LogP contribution in [-0.4, -0.2) is 23.2 Å². The van der Waals surface area contributed by atoms with Gasteiger partial charge < -0.3 is 14.5 Å². The number of nitrogens with one attached hydrogen (secondary N) is 1. The molecule has 0 saturated carbocycles. The van der Waals surface area contributed by atoms with Crippen molar-refractivity contribution in [3.8, 4) is 22.9 Å². The summed E-state index contributed by atoms with van der Waals surface area (Å²) in [5.74, 6) is 2.38. The fourth-order valence-corrected chi connectivity index (χ4v) is 2.66. The first-order valence-corrected chi connectivity index (χ1v) is 7.23. The van der Waals surface area contributed by atoms with E-state index >= 15 is 0 Å². The van der Waals surface area contributed by atoms with Crippen LogP contribution in [0.5, 0.6) is 11.5 Å². The summed E-state index contributed by atoms with van der Waals surface area (Å²) in [6.45, 7) is 3.32. The van der Waals surface area contributed by atoms with Gasteiger partial charge in [0.1, 0.15) is 19.0 Å². The minimum atomic E-state index is 0.574. The molecular formula is C17H16N2O2. The van der Waals surface area contributed by atoms with E-state index in [1.807, 2.05) is 18.2 Å². The highest BCUT2D eigenvalue weighted by Gasteiger charge is 2.18. The summed E-state index contributed by atoms with van der Waals surface area (Å²) in [5, 5.41) is 0. The van der Waals surface area contributed by atoms with Gasteiger partial charge in [0.05, 0.1) is 16.6 Å². The van der Waals surface area contributed by atoms with Crippen LogP contribution in [0.25, 0.3) is 22.4 Å². The summed E-state index contributed by atoms with van der Waals surface area (Å²) in [7, 11) is 0. The summed E-state index contributed by atoms with van der Waals surface area (Å²) in [6.07, 6.45) is 1.02. The Morgan fingerprint density at radius 1 is 1.14 bits per heavy atom. The first kappa shape index (κ1) is 12.3. The number of ether oxygens (including phenoxy) is 2. The summed E-state index contributed by atoms with van der Waals surface area (Å²) in [5.41, 5.74) is 4.27. The molecule has 0 amide bonds. The lowest BCUT2D eigenvalue weighted by Crippen LogP contribution is -2.15. The SMILES string of the molecule is CCc1ccc2nc(-c3cccc4c3OCCO4)[nH]c2c1. The van der Waals surface area contributed by atoms with Gasteiger partial charge in [-0.25, -0.2) is 4.98 Å². The van der Waals surface area contributed by atoms with Crippen LogP contribution in [0.1, 0.15) is 12.5 Å². The molecule has 0 bridgehead atoms. The lowest BCUT2D eigenvalue weighted by molar-refractivity contribution is 0.172. The molecule has 1 N–H and O–H groups in total. The van der Waals surface area contributed by atoms with Crippen molar-refractivity contribution in [3.63, 3.8) is 0 Å². The zero-order valence-electron chi connectivity index (χ0n) is 11.8. The monoisotopic (exact) mass is 280 g/mol. The average molecular weight is 280 g/mol. The van der Waals surface area contributed by atoms with E-state index in [4.69, 9.17) is 9.47 Å².